The number of halogens is 1. The molecule has 1 aromatic heterocycles. The first-order chi connectivity index (χ1) is 18.9. The molecule has 0 unspecified atom stereocenters. The highest BCUT2D eigenvalue weighted by Crippen LogP contribution is 2.42. The Morgan fingerprint density at radius 1 is 0.974 bits per heavy atom. The fourth-order valence-corrected chi connectivity index (χ4v) is 6.79. The minimum absolute atomic E-state index is 0.118. The van der Waals surface area contributed by atoms with Crippen LogP contribution in [0.2, 0.25) is 5.02 Å². The summed E-state index contributed by atoms with van der Waals surface area (Å²) in [5.41, 5.74) is 2.07. The average molecular weight is 566 g/mol. The van der Waals surface area contributed by atoms with Gasteiger partial charge in [-0.25, -0.2) is 0 Å². The maximum Gasteiger partial charge on any atom is 0.287 e. The molecule has 206 valence electrons. The molecule has 1 aliphatic carbocycles. The minimum Gasteiger partial charge on any atom is -0.366 e. The Morgan fingerprint density at radius 3 is 2.28 bits per heavy atom. The summed E-state index contributed by atoms with van der Waals surface area (Å²) in [7, 11) is 3.99. The number of para-hydroxylation sites is 1. The number of hydrogen-bond acceptors (Lipinski definition) is 6. The van der Waals surface area contributed by atoms with Gasteiger partial charge in [-0.3, -0.25) is 14.5 Å². The van der Waals surface area contributed by atoms with Crippen molar-refractivity contribution in [3.05, 3.63) is 81.7 Å². The number of anilines is 1. The van der Waals surface area contributed by atoms with Crippen LogP contribution in [-0.2, 0) is 10.2 Å². The lowest BCUT2D eigenvalue weighted by Crippen LogP contribution is -2.55. The molecule has 1 saturated carbocycles. The van der Waals surface area contributed by atoms with E-state index in [0.717, 1.165) is 42.6 Å². The lowest BCUT2D eigenvalue weighted by atomic mass is 9.68. The normalized spacial score (nSPS) is 17.4. The Kier molecular flexibility index (Phi) is 8.64. The highest BCUT2D eigenvalue weighted by Gasteiger charge is 2.44. The second-order valence-corrected chi connectivity index (χ2v) is 12.1. The summed E-state index contributed by atoms with van der Waals surface area (Å²) in [6.07, 6.45) is 6.85. The molecule has 2 aliphatic rings. The highest BCUT2D eigenvalue weighted by molar-refractivity contribution is 7.99. The standard InChI is InChI=1S/C30H36ClN5O2S/c1-33(2)22-39-27-26(21-32-36(28(27)37)25-9-5-3-6-10-25)34-17-19-35(20-18-34)29(38)30(15-7-4-8-16-30)23-11-13-24(31)14-12-23/h3,5-6,9-14,21H,4,7-8,15-20,22H2,1-2H3. The van der Waals surface area contributed by atoms with Gasteiger partial charge in [0, 0.05) is 37.1 Å². The fourth-order valence-electron chi connectivity index (χ4n) is 5.74. The van der Waals surface area contributed by atoms with Crippen molar-refractivity contribution in [2.24, 2.45) is 0 Å². The average Bonchev–Trinajstić information content (AvgIpc) is 2.97. The van der Waals surface area contributed by atoms with E-state index in [2.05, 4.69) is 14.9 Å². The van der Waals surface area contributed by atoms with Gasteiger partial charge in [0.1, 0.15) is 4.90 Å². The molecule has 0 atom stereocenters. The molecular weight excluding hydrogens is 530 g/mol. The van der Waals surface area contributed by atoms with Gasteiger partial charge >= 0.3 is 0 Å². The topological polar surface area (TPSA) is 61.7 Å². The van der Waals surface area contributed by atoms with Crippen LogP contribution in [-0.4, -0.2) is 71.6 Å². The number of piperazine rings is 1. The van der Waals surface area contributed by atoms with Crippen LogP contribution in [0.4, 0.5) is 5.69 Å². The first-order valence-electron chi connectivity index (χ1n) is 13.6. The number of carbonyl (C=O) groups excluding carboxylic acids is 1. The lowest BCUT2D eigenvalue weighted by molar-refractivity contribution is -0.139. The van der Waals surface area contributed by atoms with Gasteiger partial charge in [-0.05, 0) is 56.8 Å². The molecule has 2 heterocycles. The number of carbonyl (C=O) groups is 1. The molecule has 2 aromatic carbocycles. The largest absolute Gasteiger partial charge is 0.366 e. The van der Waals surface area contributed by atoms with Gasteiger partial charge in [0.2, 0.25) is 5.91 Å². The summed E-state index contributed by atoms with van der Waals surface area (Å²) in [4.78, 5) is 34.7. The molecule has 7 nitrogen and oxygen atoms in total. The number of benzene rings is 2. The van der Waals surface area contributed by atoms with Crippen molar-refractivity contribution in [3.8, 4) is 5.69 Å². The predicted molar refractivity (Wildman–Crippen MR) is 159 cm³/mol. The van der Waals surface area contributed by atoms with Gasteiger partial charge < -0.3 is 9.80 Å². The van der Waals surface area contributed by atoms with Gasteiger partial charge in [0.25, 0.3) is 5.56 Å². The first-order valence-corrected chi connectivity index (χ1v) is 15.0. The number of hydrogen-bond donors (Lipinski definition) is 0. The van der Waals surface area contributed by atoms with Gasteiger partial charge in [-0.15, -0.1) is 11.8 Å². The Balaban J connectivity index is 1.38. The van der Waals surface area contributed by atoms with Crippen molar-refractivity contribution in [2.75, 3.05) is 51.1 Å². The smallest absolute Gasteiger partial charge is 0.287 e. The molecule has 2 fully saturated rings. The molecule has 1 aliphatic heterocycles. The summed E-state index contributed by atoms with van der Waals surface area (Å²) in [5.74, 6) is 0.910. The maximum atomic E-state index is 14.1. The molecule has 5 rings (SSSR count). The number of rotatable bonds is 7. The van der Waals surface area contributed by atoms with Crippen molar-refractivity contribution in [3.63, 3.8) is 0 Å². The third kappa shape index (κ3) is 5.88. The molecule has 39 heavy (non-hydrogen) atoms. The van der Waals surface area contributed by atoms with Gasteiger partial charge in [0.05, 0.1) is 23.0 Å². The molecule has 1 amide bonds. The van der Waals surface area contributed by atoms with Crippen LogP contribution in [0.25, 0.3) is 5.69 Å². The molecular formula is C30H36ClN5O2S. The lowest BCUT2D eigenvalue weighted by Gasteiger charge is -2.43. The quantitative estimate of drug-likeness (QED) is 0.295. The highest BCUT2D eigenvalue weighted by atomic mass is 35.5. The number of thioether (sulfide) groups is 1. The SMILES string of the molecule is CN(C)CSc1c(N2CCN(C(=O)C3(c4ccc(Cl)cc4)CCCCC3)CC2)cnn(-c2ccccc2)c1=O. The third-order valence-electron chi connectivity index (χ3n) is 7.80. The number of nitrogens with zero attached hydrogens (tertiary/aromatic N) is 5. The van der Waals surface area contributed by atoms with Crippen LogP contribution in [0.15, 0.2) is 70.5 Å². The van der Waals surface area contributed by atoms with Crippen LogP contribution in [0, 0.1) is 0 Å². The first kappa shape index (κ1) is 27.7. The van der Waals surface area contributed by atoms with E-state index in [-0.39, 0.29) is 11.5 Å². The van der Waals surface area contributed by atoms with E-state index in [0.29, 0.717) is 42.0 Å². The van der Waals surface area contributed by atoms with Crippen molar-refractivity contribution < 1.29 is 4.79 Å². The molecule has 1 saturated heterocycles. The molecule has 0 radical (unpaired) electrons. The van der Waals surface area contributed by atoms with E-state index in [4.69, 9.17) is 11.6 Å². The Hall–Kier alpha value is -2.81. The maximum absolute atomic E-state index is 14.1. The van der Waals surface area contributed by atoms with Crippen LogP contribution >= 0.6 is 23.4 Å². The zero-order chi connectivity index (χ0) is 27.4. The monoisotopic (exact) mass is 565 g/mol. The Morgan fingerprint density at radius 2 is 1.64 bits per heavy atom. The molecule has 0 bridgehead atoms. The second kappa shape index (κ2) is 12.1. The zero-order valence-electron chi connectivity index (χ0n) is 22.7. The summed E-state index contributed by atoms with van der Waals surface area (Å²) in [5, 5.41) is 5.23. The molecule has 0 spiro atoms. The summed E-state index contributed by atoms with van der Waals surface area (Å²) in [6.45, 7) is 2.56. The van der Waals surface area contributed by atoms with E-state index in [1.54, 1.807) is 6.20 Å². The summed E-state index contributed by atoms with van der Waals surface area (Å²) >= 11 is 7.70. The van der Waals surface area contributed by atoms with Gasteiger partial charge in [-0.2, -0.15) is 9.78 Å². The summed E-state index contributed by atoms with van der Waals surface area (Å²) in [6, 6.07) is 17.4. The van der Waals surface area contributed by atoms with Crippen LogP contribution in [0.5, 0.6) is 0 Å². The van der Waals surface area contributed by atoms with Crippen molar-refractivity contribution in [1.29, 1.82) is 0 Å². The Bertz CT molecular complexity index is 1330. The van der Waals surface area contributed by atoms with Gasteiger partial charge in [-0.1, -0.05) is 61.2 Å². The van der Waals surface area contributed by atoms with E-state index in [1.165, 1.54) is 22.9 Å². The molecule has 9 heteroatoms. The van der Waals surface area contributed by atoms with Crippen LogP contribution in [0.3, 0.4) is 0 Å². The molecule has 3 aromatic rings. The van der Waals surface area contributed by atoms with Crippen LogP contribution in [0.1, 0.15) is 37.7 Å². The van der Waals surface area contributed by atoms with E-state index >= 15 is 0 Å². The zero-order valence-corrected chi connectivity index (χ0v) is 24.3. The second-order valence-electron chi connectivity index (χ2n) is 10.7. The van der Waals surface area contributed by atoms with E-state index < -0.39 is 5.41 Å². The van der Waals surface area contributed by atoms with Crippen molar-refractivity contribution >= 4 is 35.0 Å². The van der Waals surface area contributed by atoms with E-state index in [9.17, 15) is 9.59 Å². The van der Waals surface area contributed by atoms with E-state index in [1.807, 2.05) is 73.6 Å². The third-order valence-corrected chi connectivity index (χ3v) is 9.37. The van der Waals surface area contributed by atoms with Gasteiger partial charge in [0.15, 0.2) is 0 Å². The molecule has 0 N–H and O–H groups in total. The van der Waals surface area contributed by atoms with Crippen molar-refractivity contribution in [1.82, 2.24) is 19.6 Å². The fraction of sp³-hybridized carbons (Fsp3) is 0.433. The van der Waals surface area contributed by atoms with Crippen molar-refractivity contribution in [2.45, 2.75) is 42.4 Å². The summed E-state index contributed by atoms with van der Waals surface area (Å²) < 4.78 is 1.47. The predicted octanol–water partition coefficient (Wildman–Crippen LogP) is 5.05. The minimum atomic E-state index is -0.477. The van der Waals surface area contributed by atoms with Crippen LogP contribution < -0.4 is 10.5 Å². The Labute approximate surface area is 239 Å². The number of amides is 1. The number of aromatic nitrogens is 2.